The van der Waals surface area contributed by atoms with E-state index in [0.717, 1.165) is 11.4 Å². The number of nitrogens with two attached hydrogens (primary N) is 1. The Labute approximate surface area is 137 Å². The van der Waals surface area contributed by atoms with Crippen molar-refractivity contribution in [2.45, 2.75) is 72.0 Å². The summed E-state index contributed by atoms with van der Waals surface area (Å²) in [4.78, 5) is 0. The van der Waals surface area contributed by atoms with Gasteiger partial charge in [-0.25, -0.2) is 0 Å². The number of hydrogen-bond acceptors (Lipinski definition) is 2. The predicted octanol–water partition coefficient (Wildman–Crippen LogP) is 6.52. The highest BCUT2D eigenvalue weighted by molar-refractivity contribution is 7.97. The highest BCUT2D eigenvalue weighted by Gasteiger charge is 2.08. The number of rotatable bonds is 7. The maximum Gasteiger partial charge on any atom is 0.0317 e. The maximum absolute atomic E-state index is 5.58. The second-order valence-corrected chi connectivity index (χ2v) is 7.77. The van der Waals surface area contributed by atoms with Crippen LogP contribution in [0.15, 0.2) is 24.3 Å². The molecule has 0 aliphatic rings. The molecule has 0 amide bonds. The summed E-state index contributed by atoms with van der Waals surface area (Å²) >= 11 is 1.81. The Morgan fingerprint density at radius 1 is 1.05 bits per heavy atom. The third kappa shape index (κ3) is 14.1. The van der Waals surface area contributed by atoms with Gasteiger partial charge in [-0.15, -0.1) is 0 Å². The molecule has 0 heterocycles. The molecule has 0 atom stereocenters. The van der Waals surface area contributed by atoms with Gasteiger partial charge in [0.05, 0.1) is 0 Å². The number of thioether (sulfide) groups is 1. The second-order valence-electron chi connectivity index (χ2n) is 6.90. The van der Waals surface area contributed by atoms with Crippen LogP contribution in [0.4, 0.5) is 5.69 Å². The Kier molecular flexibility index (Phi) is 11.6. The standard InChI is InChI=1S/C11H24.C8H11NS/c1-5-6-7-8-9-10-11(2,3)4;1-10-6-7-3-2-4-8(9)5-7/h5-10H2,1-4H3;2-5H,6,9H2,1H3. The van der Waals surface area contributed by atoms with Crippen LogP contribution in [0.2, 0.25) is 0 Å². The van der Waals surface area contributed by atoms with E-state index in [1.165, 1.54) is 44.1 Å². The number of benzene rings is 1. The summed E-state index contributed by atoms with van der Waals surface area (Å²) in [6.45, 7) is 9.25. The van der Waals surface area contributed by atoms with Crippen molar-refractivity contribution in [1.82, 2.24) is 0 Å². The second kappa shape index (κ2) is 12.0. The van der Waals surface area contributed by atoms with Gasteiger partial charge in [0, 0.05) is 11.4 Å². The van der Waals surface area contributed by atoms with E-state index < -0.39 is 0 Å². The molecule has 0 spiro atoms. The minimum Gasteiger partial charge on any atom is -0.399 e. The van der Waals surface area contributed by atoms with Crippen molar-refractivity contribution >= 4 is 17.4 Å². The van der Waals surface area contributed by atoms with E-state index in [1.54, 1.807) is 0 Å². The molecule has 1 aromatic rings. The minimum absolute atomic E-state index is 0.548. The molecule has 1 rings (SSSR count). The molecule has 0 saturated heterocycles. The molecule has 0 radical (unpaired) electrons. The zero-order valence-corrected chi connectivity index (χ0v) is 15.6. The number of anilines is 1. The Hall–Kier alpha value is -0.630. The Morgan fingerprint density at radius 2 is 1.71 bits per heavy atom. The summed E-state index contributed by atoms with van der Waals surface area (Å²) in [5, 5.41) is 0. The van der Waals surface area contributed by atoms with Crippen LogP contribution in [0.1, 0.15) is 71.8 Å². The molecule has 0 aromatic heterocycles. The van der Waals surface area contributed by atoms with Crippen LogP contribution in [0.5, 0.6) is 0 Å². The molecule has 0 saturated carbocycles. The summed E-state index contributed by atoms with van der Waals surface area (Å²) in [6, 6.07) is 7.99. The number of unbranched alkanes of at least 4 members (excludes halogenated alkanes) is 4. The predicted molar refractivity (Wildman–Crippen MR) is 101 cm³/mol. The Bertz CT molecular complexity index is 355. The lowest BCUT2D eigenvalue weighted by atomic mass is 9.89. The first-order valence-electron chi connectivity index (χ1n) is 8.22. The Balaban J connectivity index is 0.000000382. The summed E-state index contributed by atoms with van der Waals surface area (Å²) in [6.07, 6.45) is 10.5. The molecule has 2 heteroatoms. The zero-order valence-electron chi connectivity index (χ0n) is 14.7. The first-order valence-corrected chi connectivity index (χ1v) is 9.62. The van der Waals surface area contributed by atoms with Gasteiger partial charge in [-0.3, -0.25) is 0 Å². The van der Waals surface area contributed by atoms with Crippen LogP contribution in [-0.4, -0.2) is 6.26 Å². The van der Waals surface area contributed by atoms with E-state index >= 15 is 0 Å². The molecule has 0 bridgehead atoms. The van der Waals surface area contributed by atoms with Gasteiger partial charge in [-0.1, -0.05) is 71.9 Å². The van der Waals surface area contributed by atoms with Crippen LogP contribution in [0, 0.1) is 5.41 Å². The largest absolute Gasteiger partial charge is 0.399 e. The van der Waals surface area contributed by atoms with Crippen LogP contribution >= 0.6 is 11.8 Å². The zero-order chi connectivity index (χ0) is 16.1. The topological polar surface area (TPSA) is 26.0 Å². The van der Waals surface area contributed by atoms with E-state index in [9.17, 15) is 0 Å². The summed E-state index contributed by atoms with van der Waals surface area (Å²) in [5.41, 5.74) is 8.28. The molecule has 0 unspecified atom stereocenters. The Morgan fingerprint density at radius 3 is 2.24 bits per heavy atom. The lowest BCUT2D eigenvalue weighted by Crippen LogP contribution is -2.03. The van der Waals surface area contributed by atoms with Gasteiger partial charge < -0.3 is 5.73 Å². The fourth-order valence-electron chi connectivity index (χ4n) is 2.11. The van der Waals surface area contributed by atoms with Gasteiger partial charge in [0.25, 0.3) is 0 Å². The van der Waals surface area contributed by atoms with E-state index in [4.69, 9.17) is 5.73 Å². The van der Waals surface area contributed by atoms with Crippen LogP contribution in [0.3, 0.4) is 0 Å². The molecule has 0 aliphatic carbocycles. The van der Waals surface area contributed by atoms with Crippen molar-refractivity contribution in [3.8, 4) is 0 Å². The van der Waals surface area contributed by atoms with Gasteiger partial charge in [0.2, 0.25) is 0 Å². The highest BCUT2D eigenvalue weighted by atomic mass is 32.2. The average Bonchev–Trinajstić information content (AvgIpc) is 2.38. The summed E-state index contributed by atoms with van der Waals surface area (Å²) < 4.78 is 0. The molecular weight excluding hydrogens is 274 g/mol. The highest BCUT2D eigenvalue weighted by Crippen LogP contribution is 2.22. The first-order chi connectivity index (χ1) is 9.89. The molecule has 1 nitrogen and oxygen atoms in total. The minimum atomic E-state index is 0.548. The SMILES string of the molecule is CCCCCCCC(C)(C)C.CSCc1cccc(N)c1. The van der Waals surface area contributed by atoms with Crippen molar-refractivity contribution in [2.75, 3.05) is 12.0 Å². The third-order valence-corrected chi connectivity index (χ3v) is 3.91. The molecule has 0 fully saturated rings. The van der Waals surface area contributed by atoms with E-state index in [0.29, 0.717) is 5.41 Å². The van der Waals surface area contributed by atoms with Crippen molar-refractivity contribution in [3.63, 3.8) is 0 Å². The third-order valence-electron chi connectivity index (χ3n) is 3.29. The fraction of sp³-hybridized carbons (Fsp3) is 0.684. The van der Waals surface area contributed by atoms with Gasteiger partial charge in [-0.05, 0) is 35.8 Å². The molecule has 21 heavy (non-hydrogen) atoms. The van der Waals surface area contributed by atoms with Gasteiger partial charge >= 0.3 is 0 Å². The lowest BCUT2D eigenvalue weighted by Gasteiger charge is -2.17. The smallest absolute Gasteiger partial charge is 0.0317 e. The molecular formula is C19H35NS. The fourth-order valence-corrected chi connectivity index (χ4v) is 2.62. The quantitative estimate of drug-likeness (QED) is 0.458. The molecule has 1 aromatic carbocycles. The van der Waals surface area contributed by atoms with Crippen molar-refractivity contribution in [1.29, 1.82) is 0 Å². The van der Waals surface area contributed by atoms with E-state index in [1.807, 2.05) is 30.0 Å². The monoisotopic (exact) mass is 309 g/mol. The summed E-state index contributed by atoms with van der Waals surface area (Å²) in [7, 11) is 0. The summed E-state index contributed by atoms with van der Waals surface area (Å²) in [5.74, 6) is 1.05. The van der Waals surface area contributed by atoms with Gasteiger partial charge in [0.1, 0.15) is 0 Å². The first kappa shape index (κ1) is 20.4. The molecule has 122 valence electrons. The average molecular weight is 310 g/mol. The van der Waals surface area contributed by atoms with E-state index in [2.05, 4.69) is 40.0 Å². The van der Waals surface area contributed by atoms with E-state index in [-0.39, 0.29) is 0 Å². The lowest BCUT2D eigenvalue weighted by molar-refractivity contribution is 0.357. The van der Waals surface area contributed by atoms with Crippen LogP contribution in [-0.2, 0) is 5.75 Å². The van der Waals surface area contributed by atoms with Crippen molar-refractivity contribution in [2.24, 2.45) is 5.41 Å². The van der Waals surface area contributed by atoms with Gasteiger partial charge in [-0.2, -0.15) is 11.8 Å². The maximum atomic E-state index is 5.58. The van der Waals surface area contributed by atoms with Crippen LogP contribution < -0.4 is 5.73 Å². The molecule has 2 N–H and O–H groups in total. The van der Waals surface area contributed by atoms with Crippen molar-refractivity contribution in [3.05, 3.63) is 29.8 Å². The normalized spacial score (nSPS) is 10.9. The number of nitrogen functional groups attached to an aromatic ring is 1. The van der Waals surface area contributed by atoms with Crippen molar-refractivity contribution < 1.29 is 0 Å². The van der Waals surface area contributed by atoms with Gasteiger partial charge in [0.15, 0.2) is 0 Å². The number of hydrogen-bond donors (Lipinski definition) is 1. The van der Waals surface area contributed by atoms with Crippen LogP contribution in [0.25, 0.3) is 0 Å². The molecule has 0 aliphatic heterocycles.